The summed E-state index contributed by atoms with van der Waals surface area (Å²) in [5, 5.41) is 8.58. The van der Waals surface area contributed by atoms with Crippen molar-refractivity contribution in [2.24, 2.45) is 5.92 Å². The van der Waals surface area contributed by atoms with Gasteiger partial charge in [-0.25, -0.2) is 0 Å². The van der Waals surface area contributed by atoms with Crippen molar-refractivity contribution in [3.63, 3.8) is 0 Å². The summed E-state index contributed by atoms with van der Waals surface area (Å²) >= 11 is 0. The number of rotatable bonds is 7. The van der Waals surface area contributed by atoms with Gasteiger partial charge < -0.3 is 14.7 Å². The molecule has 1 rings (SSSR count). The average molecular weight is 229 g/mol. The summed E-state index contributed by atoms with van der Waals surface area (Å²) in [5.41, 5.74) is 0. The minimum atomic E-state index is -0.718. The van der Waals surface area contributed by atoms with Crippen LogP contribution < -0.4 is 0 Å². The van der Waals surface area contributed by atoms with Crippen molar-refractivity contribution in [1.82, 2.24) is 4.90 Å². The van der Waals surface area contributed by atoms with Gasteiger partial charge >= 0.3 is 5.97 Å². The van der Waals surface area contributed by atoms with Crippen molar-refractivity contribution in [2.75, 3.05) is 26.2 Å². The van der Waals surface area contributed by atoms with Crippen molar-refractivity contribution >= 4 is 5.97 Å². The Morgan fingerprint density at radius 2 is 2.31 bits per heavy atom. The lowest BCUT2D eigenvalue weighted by atomic mass is 10.1. The van der Waals surface area contributed by atoms with Gasteiger partial charge in [0, 0.05) is 26.2 Å². The zero-order valence-electron chi connectivity index (χ0n) is 10.3. The number of aliphatic carboxylic acids is 1. The minimum absolute atomic E-state index is 0.235. The Morgan fingerprint density at radius 3 is 2.94 bits per heavy atom. The molecule has 0 aliphatic carbocycles. The molecule has 0 unspecified atom stereocenters. The first-order chi connectivity index (χ1) is 7.58. The molecule has 1 atom stereocenters. The predicted molar refractivity (Wildman–Crippen MR) is 62.5 cm³/mol. The third-order valence-corrected chi connectivity index (χ3v) is 2.92. The Balaban J connectivity index is 2.07. The average Bonchev–Trinajstić information content (AvgIpc) is 2.62. The molecular weight excluding hydrogens is 206 g/mol. The molecule has 16 heavy (non-hydrogen) atoms. The highest BCUT2D eigenvalue weighted by atomic mass is 16.5. The fourth-order valence-electron chi connectivity index (χ4n) is 1.86. The molecule has 4 heteroatoms. The first-order valence-electron chi connectivity index (χ1n) is 6.13. The maximum absolute atomic E-state index is 10.4. The first kappa shape index (κ1) is 13.5. The number of ether oxygens (including phenoxy) is 1. The van der Waals surface area contributed by atoms with Gasteiger partial charge in [0.1, 0.15) is 0 Å². The van der Waals surface area contributed by atoms with E-state index in [4.69, 9.17) is 9.84 Å². The standard InChI is InChI=1S/C12H23NO3/c1-10(2)5-8-16-11-3-6-13(9-11)7-4-12(14)15/h10-11H,3-9H2,1-2H3,(H,14,15)/t11-/m0/s1. The number of carboxylic acids is 1. The summed E-state index contributed by atoms with van der Waals surface area (Å²) in [5.74, 6) is -0.0336. The fourth-order valence-corrected chi connectivity index (χ4v) is 1.86. The van der Waals surface area contributed by atoms with Crippen LogP contribution in [0.3, 0.4) is 0 Å². The summed E-state index contributed by atoms with van der Waals surface area (Å²) in [7, 11) is 0. The van der Waals surface area contributed by atoms with Crippen LogP contribution in [0, 0.1) is 5.92 Å². The molecule has 0 spiro atoms. The smallest absolute Gasteiger partial charge is 0.304 e. The number of carboxylic acid groups (broad SMARTS) is 1. The van der Waals surface area contributed by atoms with E-state index in [0.29, 0.717) is 18.6 Å². The molecule has 1 N–H and O–H groups in total. The third kappa shape index (κ3) is 5.47. The van der Waals surface area contributed by atoms with Crippen LogP contribution in [0.5, 0.6) is 0 Å². The molecule has 4 nitrogen and oxygen atoms in total. The Labute approximate surface area is 97.6 Å². The highest BCUT2D eigenvalue weighted by molar-refractivity contribution is 5.66. The molecule has 1 fully saturated rings. The lowest BCUT2D eigenvalue weighted by Gasteiger charge is -2.15. The number of hydrogen-bond donors (Lipinski definition) is 1. The van der Waals surface area contributed by atoms with Crippen LogP contribution >= 0.6 is 0 Å². The van der Waals surface area contributed by atoms with Crippen LogP contribution in [-0.4, -0.2) is 48.3 Å². The number of hydrogen-bond acceptors (Lipinski definition) is 3. The summed E-state index contributed by atoms with van der Waals surface area (Å²) in [4.78, 5) is 12.6. The van der Waals surface area contributed by atoms with Crippen LogP contribution in [0.25, 0.3) is 0 Å². The lowest BCUT2D eigenvalue weighted by molar-refractivity contribution is -0.137. The van der Waals surface area contributed by atoms with Crippen molar-refractivity contribution < 1.29 is 14.6 Å². The van der Waals surface area contributed by atoms with Crippen molar-refractivity contribution in [3.05, 3.63) is 0 Å². The Kier molecular flexibility index (Phi) is 5.77. The molecule has 0 aromatic heterocycles. The van der Waals surface area contributed by atoms with E-state index in [1.807, 2.05) is 0 Å². The van der Waals surface area contributed by atoms with Gasteiger partial charge in [0.25, 0.3) is 0 Å². The molecule has 1 saturated heterocycles. The normalized spacial score (nSPS) is 21.8. The lowest BCUT2D eigenvalue weighted by Crippen LogP contribution is -2.26. The number of likely N-dealkylation sites (tertiary alicyclic amines) is 1. The SMILES string of the molecule is CC(C)CCO[C@H]1CCN(CCC(=O)O)C1. The van der Waals surface area contributed by atoms with Crippen LogP contribution in [0.15, 0.2) is 0 Å². The van der Waals surface area contributed by atoms with Crippen molar-refractivity contribution in [2.45, 2.75) is 39.2 Å². The van der Waals surface area contributed by atoms with Gasteiger partial charge in [0.15, 0.2) is 0 Å². The molecule has 0 bridgehead atoms. The zero-order chi connectivity index (χ0) is 12.0. The van der Waals surface area contributed by atoms with Gasteiger partial charge in [0.05, 0.1) is 12.5 Å². The molecule has 0 radical (unpaired) electrons. The molecule has 94 valence electrons. The maximum atomic E-state index is 10.4. The molecule has 0 aromatic rings. The second kappa shape index (κ2) is 6.86. The van der Waals surface area contributed by atoms with Crippen molar-refractivity contribution in [1.29, 1.82) is 0 Å². The molecule has 0 saturated carbocycles. The van der Waals surface area contributed by atoms with Crippen LogP contribution in [0.2, 0.25) is 0 Å². The van der Waals surface area contributed by atoms with Crippen molar-refractivity contribution in [3.8, 4) is 0 Å². The molecular formula is C12H23NO3. The van der Waals surface area contributed by atoms with E-state index >= 15 is 0 Å². The largest absolute Gasteiger partial charge is 0.481 e. The molecule has 0 amide bonds. The van der Waals surface area contributed by atoms with Crippen LogP contribution in [0.4, 0.5) is 0 Å². The second-order valence-electron chi connectivity index (χ2n) is 4.91. The topological polar surface area (TPSA) is 49.8 Å². The Hall–Kier alpha value is -0.610. The summed E-state index contributed by atoms with van der Waals surface area (Å²) in [6.45, 7) is 7.73. The Morgan fingerprint density at radius 1 is 1.56 bits per heavy atom. The zero-order valence-corrected chi connectivity index (χ0v) is 10.3. The third-order valence-electron chi connectivity index (χ3n) is 2.92. The van der Waals surface area contributed by atoms with Crippen LogP contribution in [-0.2, 0) is 9.53 Å². The van der Waals surface area contributed by atoms with E-state index in [-0.39, 0.29) is 6.42 Å². The van der Waals surface area contributed by atoms with E-state index in [9.17, 15) is 4.79 Å². The monoisotopic (exact) mass is 229 g/mol. The predicted octanol–water partition coefficient (Wildman–Crippen LogP) is 1.60. The minimum Gasteiger partial charge on any atom is -0.481 e. The van der Waals surface area contributed by atoms with Crippen LogP contribution in [0.1, 0.15) is 33.1 Å². The summed E-state index contributed by atoms with van der Waals surface area (Å²) in [6.07, 6.45) is 2.69. The highest BCUT2D eigenvalue weighted by Gasteiger charge is 2.22. The van der Waals surface area contributed by atoms with Gasteiger partial charge in [-0.3, -0.25) is 4.79 Å². The summed E-state index contributed by atoms with van der Waals surface area (Å²) < 4.78 is 5.76. The van der Waals surface area contributed by atoms with E-state index < -0.39 is 5.97 Å². The highest BCUT2D eigenvalue weighted by Crippen LogP contribution is 2.13. The van der Waals surface area contributed by atoms with Gasteiger partial charge in [-0.2, -0.15) is 0 Å². The van der Waals surface area contributed by atoms with E-state index in [1.165, 1.54) is 0 Å². The molecule has 1 aliphatic rings. The van der Waals surface area contributed by atoms with E-state index in [1.54, 1.807) is 0 Å². The fraction of sp³-hybridized carbons (Fsp3) is 0.917. The molecule has 1 heterocycles. The van der Waals surface area contributed by atoms with Gasteiger partial charge in [-0.15, -0.1) is 0 Å². The molecule has 1 aliphatic heterocycles. The quantitative estimate of drug-likeness (QED) is 0.720. The first-order valence-corrected chi connectivity index (χ1v) is 6.13. The summed E-state index contributed by atoms with van der Waals surface area (Å²) in [6, 6.07) is 0. The van der Waals surface area contributed by atoms with Gasteiger partial charge in [-0.1, -0.05) is 13.8 Å². The number of carbonyl (C=O) groups is 1. The van der Waals surface area contributed by atoms with Gasteiger partial charge in [0.2, 0.25) is 0 Å². The maximum Gasteiger partial charge on any atom is 0.304 e. The Bertz CT molecular complexity index is 218. The molecule has 0 aromatic carbocycles. The van der Waals surface area contributed by atoms with Gasteiger partial charge in [-0.05, 0) is 18.8 Å². The number of nitrogens with zero attached hydrogens (tertiary/aromatic N) is 1. The van der Waals surface area contributed by atoms with E-state index in [2.05, 4.69) is 18.7 Å². The second-order valence-corrected chi connectivity index (χ2v) is 4.91. The van der Waals surface area contributed by atoms with E-state index in [0.717, 1.165) is 32.5 Å².